The average molecular weight is 387 g/mol. The van der Waals surface area contributed by atoms with Crippen molar-refractivity contribution in [3.8, 4) is 5.75 Å². The van der Waals surface area contributed by atoms with E-state index in [1.807, 2.05) is 0 Å². The smallest absolute Gasteiger partial charge is 0.238 e. The highest BCUT2D eigenvalue weighted by atomic mass is 32.2. The maximum Gasteiger partial charge on any atom is 0.238 e. The van der Waals surface area contributed by atoms with Crippen LogP contribution < -0.4 is 10.1 Å². The summed E-state index contributed by atoms with van der Waals surface area (Å²) in [6.07, 6.45) is 0.0750. The van der Waals surface area contributed by atoms with Crippen LogP contribution in [0.2, 0.25) is 0 Å². The van der Waals surface area contributed by atoms with E-state index in [0.29, 0.717) is 22.3 Å². The number of rotatable bonds is 4. The summed E-state index contributed by atoms with van der Waals surface area (Å²) in [4.78, 5) is 30.6. The lowest BCUT2D eigenvalue weighted by Gasteiger charge is -2.28. The number of hydrogen-bond acceptors (Lipinski definition) is 5. The van der Waals surface area contributed by atoms with Crippen molar-refractivity contribution in [3.05, 3.63) is 54.3 Å². The first-order valence-electron chi connectivity index (χ1n) is 8.18. The number of aliphatic imine (C=N–C) groups is 1. The fourth-order valence-corrected chi connectivity index (χ4v) is 3.49. The number of hydrogen-bond donors (Lipinski definition) is 1. The number of amidine groups is 1. The van der Waals surface area contributed by atoms with Crippen LogP contribution in [0.15, 0.2) is 53.5 Å². The number of nitrogens with one attached hydrogen (secondary N) is 1. The molecule has 0 bridgehead atoms. The molecule has 2 aromatic carbocycles. The van der Waals surface area contributed by atoms with Gasteiger partial charge in [-0.3, -0.25) is 14.5 Å². The molecule has 1 saturated heterocycles. The highest BCUT2D eigenvalue weighted by Crippen LogP contribution is 2.29. The molecule has 0 spiro atoms. The largest absolute Gasteiger partial charge is 0.497 e. The Balaban J connectivity index is 1.74. The molecular weight excluding hydrogens is 369 g/mol. The summed E-state index contributed by atoms with van der Waals surface area (Å²) in [5.74, 6) is -0.162. The van der Waals surface area contributed by atoms with Crippen LogP contribution >= 0.6 is 11.8 Å². The van der Waals surface area contributed by atoms with Gasteiger partial charge >= 0.3 is 0 Å². The molecule has 1 atom stereocenters. The van der Waals surface area contributed by atoms with Crippen LogP contribution in [-0.2, 0) is 9.59 Å². The summed E-state index contributed by atoms with van der Waals surface area (Å²) in [5, 5.41) is 2.59. The Kier molecular flexibility index (Phi) is 5.75. The number of benzene rings is 2. The van der Waals surface area contributed by atoms with Gasteiger partial charge in [0, 0.05) is 19.2 Å². The zero-order chi connectivity index (χ0) is 19.4. The van der Waals surface area contributed by atoms with Crippen molar-refractivity contribution in [1.29, 1.82) is 0 Å². The van der Waals surface area contributed by atoms with Crippen molar-refractivity contribution >= 4 is 40.1 Å². The van der Waals surface area contributed by atoms with Gasteiger partial charge in [-0.25, -0.2) is 9.38 Å². The van der Waals surface area contributed by atoms with E-state index in [1.54, 1.807) is 38.4 Å². The molecule has 1 N–H and O–H groups in total. The summed E-state index contributed by atoms with van der Waals surface area (Å²) in [6, 6.07) is 12.6. The second-order valence-electron chi connectivity index (χ2n) is 5.85. The van der Waals surface area contributed by atoms with E-state index < -0.39 is 5.25 Å². The van der Waals surface area contributed by atoms with Crippen molar-refractivity contribution in [1.82, 2.24) is 4.90 Å². The Hall–Kier alpha value is -2.87. The second-order valence-corrected chi connectivity index (χ2v) is 7.02. The zero-order valence-electron chi connectivity index (χ0n) is 14.8. The molecule has 3 rings (SSSR count). The first kappa shape index (κ1) is 18.9. The van der Waals surface area contributed by atoms with Crippen LogP contribution in [0.5, 0.6) is 5.75 Å². The lowest BCUT2D eigenvalue weighted by Crippen LogP contribution is -2.43. The first-order chi connectivity index (χ1) is 13.0. The van der Waals surface area contributed by atoms with Crippen molar-refractivity contribution in [3.63, 3.8) is 0 Å². The summed E-state index contributed by atoms with van der Waals surface area (Å²) in [5.41, 5.74) is 1.12. The summed E-state index contributed by atoms with van der Waals surface area (Å²) < 4.78 is 18.1. The van der Waals surface area contributed by atoms with E-state index >= 15 is 0 Å². The number of thioether (sulfide) groups is 1. The normalized spacial score (nSPS) is 18.5. The molecule has 1 heterocycles. The van der Waals surface area contributed by atoms with E-state index in [-0.39, 0.29) is 24.1 Å². The van der Waals surface area contributed by atoms with Crippen molar-refractivity contribution < 1.29 is 18.7 Å². The second kappa shape index (κ2) is 8.22. The summed E-state index contributed by atoms with van der Waals surface area (Å²) in [6.45, 7) is 0. The van der Waals surface area contributed by atoms with E-state index in [2.05, 4.69) is 10.3 Å². The number of amides is 2. The molecule has 0 aromatic heterocycles. The fraction of sp³-hybridized carbons (Fsp3) is 0.211. The third-order valence-electron chi connectivity index (χ3n) is 3.97. The molecule has 0 radical (unpaired) electrons. The standard InChI is InChI=1S/C19H18FN3O3S/c1-23-17(24)11-16(18(25)21-13-7-9-15(26-2)10-8-13)27-19(23)22-14-5-3-12(20)4-6-14/h3-10,16H,11H2,1-2H3,(H,21,25). The van der Waals surface area contributed by atoms with Gasteiger partial charge in [0.25, 0.3) is 0 Å². The van der Waals surface area contributed by atoms with E-state index in [1.165, 1.54) is 40.9 Å². The van der Waals surface area contributed by atoms with Crippen molar-refractivity contribution in [2.75, 3.05) is 19.5 Å². The van der Waals surface area contributed by atoms with Gasteiger partial charge in [-0.2, -0.15) is 0 Å². The van der Waals surface area contributed by atoms with Crippen LogP contribution in [0.3, 0.4) is 0 Å². The number of ether oxygens (including phenoxy) is 1. The molecule has 2 amide bonds. The molecule has 1 aliphatic heterocycles. The number of carbonyl (C=O) groups excluding carboxylic acids is 2. The van der Waals surface area contributed by atoms with Gasteiger partial charge in [0.1, 0.15) is 16.8 Å². The zero-order valence-corrected chi connectivity index (χ0v) is 15.6. The molecule has 6 nitrogen and oxygen atoms in total. The van der Waals surface area contributed by atoms with Crippen molar-refractivity contribution in [2.24, 2.45) is 4.99 Å². The number of anilines is 1. The summed E-state index contributed by atoms with van der Waals surface area (Å²) >= 11 is 1.20. The molecule has 27 heavy (non-hydrogen) atoms. The highest BCUT2D eigenvalue weighted by Gasteiger charge is 2.34. The van der Waals surface area contributed by atoms with Crippen LogP contribution in [0.4, 0.5) is 15.8 Å². The Morgan fingerprint density at radius 3 is 2.52 bits per heavy atom. The Labute approximate surface area is 160 Å². The predicted octanol–water partition coefficient (Wildman–Crippen LogP) is 3.42. The molecule has 0 saturated carbocycles. The third kappa shape index (κ3) is 4.65. The van der Waals surface area contributed by atoms with E-state index in [0.717, 1.165) is 0 Å². The number of carbonyl (C=O) groups is 2. The maximum atomic E-state index is 13.0. The SMILES string of the molecule is COc1ccc(NC(=O)C2CC(=O)N(C)C(=Nc3ccc(F)cc3)S2)cc1. The molecule has 2 aromatic rings. The van der Waals surface area contributed by atoms with Crippen LogP contribution in [0.1, 0.15) is 6.42 Å². The van der Waals surface area contributed by atoms with Gasteiger partial charge in [-0.1, -0.05) is 11.8 Å². The topological polar surface area (TPSA) is 71.0 Å². The minimum atomic E-state index is -0.602. The number of methoxy groups -OCH3 is 1. The van der Waals surface area contributed by atoms with Gasteiger partial charge in [-0.05, 0) is 48.5 Å². The molecule has 1 aliphatic rings. The van der Waals surface area contributed by atoms with Gasteiger partial charge in [0.05, 0.1) is 12.8 Å². The molecule has 0 aliphatic carbocycles. The lowest BCUT2D eigenvalue weighted by molar-refractivity contribution is -0.128. The lowest BCUT2D eigenvalue weighted by atomic mass is 10.2. The van der Waals surface area contributed by atoms with Crippen LogP contribution in [-0.4, -0.2) is 41.3 Å². The number of halogens is 1. The molecule has 8 heteroatoms. The third-order valence-corrected chi connectivity index (χ3v) is 5.21. The fourth-order valence-electron chi connectivity index (χ4n) is 2.42. The highest BCUT2D eigenvalue weighted by molar-refractivity contribution is 8.15. The van der Waals surface area contributed by atoms with Crippen molar-refractivity contribution in [2.45, 2.75) is 11.7 Å². The Morgan fingerprint density at radius 1 is 1.22 bits per heavy atom. The van der Waals surface area contributed by atoms with Crippen LogP contribution in [0.25, 0.3) is 0 Å². The predicted molar refractivity (Wildman–Crippen MR) is 104 cm³/mol. The van der Waals surface area contributed by atoms with E-state index in [9.17, 15) is 14.0 Å². The average Bonchev–Trinajstić information content (AvgIpc) is 2.67. The van der Waals surface area contributed by atoms with E-state index in [4.69, 9.17) is 4.74 Å². The quantitative estimate of drug-likeness (QED) is 0.873. The monoisotopic (exact) mass is 387 g/mol. The molecule has 1 unspecified atom stereocenters. The first-order valence-corrected chi connectivity index (χ1v) is 9.06. The number of nitrogens with zero attached hydrogens (tertiary/aromatic N) is 2. The molecule has 140 valence electrons. The van der Waals surface area contributed by atoms with Gasteiger partial charge in [0.2, 0.25) is 11.8 Å². The Bertz CT molecular complexity index is 869. The Morgan fingerprint density at radius 2 is 1.89 bits per heavy atom. The minimum Gasteiger partial charge on any atom is -0.497 e. The minimum absolute atomic E-state index is 0.0750. The molecule has 1 fully saturated rings. The van der Waals surface area contributed by atoms with Gasteiger partial charge < -0.3 is 10.1 Å². The van der Waals surface area contributed by atoms with Gasteiger partial charge in [0.15, 0.2) is 5.17 Å². The summed E-state index contributed by atoms with van der Waals surface area (Å²) in [7, 11) is 3.17. The molecular formula is C19H18FN3O3S. The van der Waals surface area contributed by atoms with Crippen LogP contribution in [0, 0.1) is 5.82 Å². The van der Waals surface area contributed by atoms with Gasteiger partial charge in [-0.15, -0.1) is 0 Å². The maximum absolute atomic E-state index is 13.0.